The number of carbonyl (C=O) groups excluding carboxylic acids is 3. The number of rotatable bonds is 6. The van der Waals surface area contributed by atoms with Crippen molar-refractivity contribution in [3.05, 3.63) is 108 Å². The van der Waals surface area contributed by atoms with E-state index >= 15 is 0 Å². The minimum atomic E-state index is -1.00. The fraction of sp³-hybridized carbons (Fsp3) is 0.526. The number of aromatic hydroxyl groups is 3. The fourth-order valence-electron chi connectivity index (χ4n) is 17.4. The molecule has 3 aromatic rings. The van der Waals surface area contributed by atoms with E-state index in [2.05, 4.69) is 34.4 Å². The molecule has 0 amide bonds. The predicted octanol–water partition coefficient (Wildman–Crippen LogP) is 3.90. The van der Waals surface area contributed by atoms with Crippen LogP contribution in [0.2, 0.25) is 0 Å². The number of hydrogen-bond acceptors (Lipinski definition) is 15. The molecule has 12 aliphatic rings. The molecule has 378 valence electrons. The van der Waals surface area contributed by atoms with Gasteiger partial charge in [0.25, 0.3) is 0 Å². The third-order valence-electron chi connectivity index (χ3n) is 20.2. The molecular weight excluding hydrogens is 919 g/mol. The zero-order valence-corrected chi connectivity index (χ0v) is 40.5. The number of likely N-dealkylation sites (tertiary alicyclic amines) is 3. The van der Waals surface area contributed by atoms with Crippen LogP contribution in [0, 0.1) is 0 Å². The lowest BCUT2D eigenvalue weighted by Crippen LogP contribution is -2.76. The van der Waals surface area contributed by atoms with Crippen molar-refractivity contribution in [2.45, 2.75) is 147 Å². The normalized spacial score (nSPS) is 39.3. The smallest absolute Gasteiger partial charge is 0.174 e. The van der Waals surface area contributed by atoms with Crippen molar-refractivity contribution in [2.24, 2.45) is 0 Å². The summed E-state index contributed by atoms with van der Waals surface area (Å²) in [6.07, 6.45) is 10.0. The van der Waals surface area contributed by atoms with E-state index in [1.165, 1.54) is 0 Å². The zero-order chi connectivity index (χ0) is 50.1. The van der Waals surface area contributed by atoms with Crippen LogP contribution in [0.4, 0.5) is 0 Å². The number of benzene rings is 3. The summed E-state index contributed by atoms with van der Waals surface area (Å²) in [4.78, 5) is 44.7. The average molecular weight is 982 g/mol. The Balaban J connectivity index is 0.000000105. The second kappa shape index (κ2) is 15.5. The SMILES string of the molecule is C=CCN1CC[C@]23c4c5ccc(O)c4O[C@H]2C(=O)CC[C@@]3(O)[C@H]1C5.C=CCN1CC[C@]23c4c5ccc(O)c4O[C@H]2C(=O)CC[C@@]3(O)[C@H]1C5.C=CCN1CC[C@]23c4c5ccc(O)c4O[C@H]2C(=O)CC[C@@]3(O)[C@H]1C5. The first kappa shape index (κ1) is 46.3. The van der Waals surface area contributed by atoms with Gasteiger partial charge < -0.3 is 44.8 Å². The third-order valence-corrected chi connectivity index (χ3v) is 20.2. The average Bonchev–Trinajstić information content (AvgIpc) is 4.04. The molecule has 6 fully saturated rings. The second-order valence-electron chi connectivity index (χ2n) is 22.7. The van der Waals surface area contributed by atoms with Gasteiger partial charge in [-0.1, -0.05) is 36.4 Å². The summed E-state index contributed by atoms with van der Waals surface area (Å²) < 4.78 is 18.0. The maximum Gasteiger partial charge on any atom is 0.174 e. The molecule has 3 spiro atoms. The molecule has 6 aliphatic carbocycles. The molecule has 15 heteroatoms. The predicted molar refractivity (Wildman–Crippen MR) is 262 cm³/mol. The maximum atomic E-state index is 12.6. The Morgan fingerprint density at radius 2 is 0.750 bits per heavy atom. The van der Waals surface area contributed by atoms with Crippen LogP contribution in [-0.2, 0) is 49.9 Å². The number of Topliss-reactive ketones (excluding diaryl/α,β-unsaturated/α-hetero) is 3. The molecule has 3 saturated heterocycles. The summed E-state index contributed by atoms with van der Waals surface area (Å²) in [7, 11) is 0. The van der Waals surface area contributed by atoms with Gasteiger partial charge >= 0.3 is 0 Å². The number of piperidine rings is 3. The highest BCUT2D eigenvalue weighted by Crippen LogP contribution is 2.68. The Hall–Kier alpha value is -5.55. The standard InChI is InChI=1S/3C19H21NO4/c3*1-2-8-20-9-7-18-15-11-3-4-12(21)16(15)24-17(18)13(22)5-6-19(18,23)14(20)10-11/h3*2-4,14,17,21,23H,1,5-10H2/t3*14-,17+,18+,19-/m111/s1. The molecular formula is C57H63N3O12. The molecule has 0 aromatic heterocycles. The number of hydrogen-bond donors (Lipinski definition) is 6. The van der Waals surface area contributed by atoms with Crippen molar-refractivity contribution < 1.29 is 59.2 Å². The van der Waals surface area contributed by atoms with Crippen molar-refractivity contribution in [3.63, 3.8) is 0 Å². The van der Waals surface area contributed by atoms with Gasteiger partial charge in [0.15, 0.2) is 70.2 Å². The van der Waals surface area contributed by atoms with Gasteiger partial charge in [0.1, 0.15) is 0 Å². The number of nitrogens with zero attached hydrogens (tertiary/aromatic N) is 3. The van der Waals surface area contributed by atoms with Crippen molar-refractivity contribution in [3.8, 4) is 34.5 Å². The number of phenols is 3. The van der Waals surface area contributed by atoms with Crippen LogP contribution in [0.15, 0.2) is 74.4 Å². The molecule has 72 heavy (non-hydrogen) atoms. The molecule has 15 nitrogen and oxygen atoms in total. The summed E-state index contributed by atoms with van der Waals surface area (Å²) in [6, 6.07) is 10.5. The summed E-state index contributed by atoms with van der Waals surface area (Å²) in [6.45, 7) is 16.1. The highest BCUT2D eigenvalue weighted by atomic mass is 16.5. The van der Waals surface area contributed by atoms with Crippen molar-refractivity contribution in [2.75, 3.05) is 39.3 Å². The lowest BCUT2D eigenvalue weighted by atomic mass is 9.49. The van der Waals surface area contributed by atoms with Crippen molar-refractivity contribution in [1.29, 1.82) is 0 Å². The molecule has 6 N–H and O–H groups in total. The molecule has 3 aromatic carbocycles. The summed E-state index contributed by atoms with van der Waals surface area (Å²) in [5.41, 5.74) is 0.768. The monoisotopic (exact) mass is 981 g/mol. The van der Waals surface area contributed by atoms with Gasteiger partial charge in [-0.05, 0) is 92.7 Å². The molecule has 6 heterocycles. The Bertz CT molecular complexity index is 2630. The molecule has 6 bridgehead atoms. The summed E-state index contributed by atoms with van der Waals surface area (Å²) in [5.74, 6) is 1.58. The van der Waals surface area contributed by atoms with E-state index < -0.39 is 51.4 Å². The second-order valence-corrected chi connectivity index (χ2v) is 22.7. The number of phenolic OH excluding ortho intramolecular Hbond substituents is 3. The van der Waals surface area contributed by atoms with E-state index in [4.69, 9.17) is 14.2 Å². The van der Waals surface area contributed by atoms with Crippen molar-refractivity contribution >= 4 is 17.3 Å². The van der Waals surface area contributed by atoms with E-state index in [1.54, 1.807) is 18.2 Å². The Labute approximate surface area is 418 Å². The van der Waals surface area contributed by atoms with E-state index in [1.807, 2.05) is 36.4 Å². The molecule has 6 aliphatic heterocycles. The Morgan fingerprint density at radius 1 is 0.472 bits per heavy atom. The van der Waals surface area contributed by atoms with Crippen LogP contribution < -0.4 is 14.2 Å². The molecule has 0 unspecified atom stereocenters. The van der Waals surface area contributed by atoms with Crippen LogP contribution in [-0.4, -0.2) is 155 Å². The van der Waals surface area contributed by atoms with Crippen LogP contribution in [0.25, 0.3) is 0 Å². The third kappa shape index (κ3) is 5.39. The zero-order valence-electron chi connectivity index (χ0n) is 40.5. The molecule has 0 radical (unpaired) electrons. The largest absolute Gasteiger partial charge is 0.504 e. The van der Waals surface area contributed by atoms with E-state index in [0.717, 1.165) is 72.6 Å². The van der Waals surface area contributed by atoms with Gasteiger partial charge in [-0.2, -0.15) is 0 Å². The van der Waals surface area contributed by atoms with Crippen LogP contribution in [0.3, 0.4) is 0 Å². The lowest BCUT2D eigenvalue weighted by Gasteiger charge is -2.62. The first-order chi connectivity index (χ1) is 34.6. The summed E-state index contributed by atoms with van der Waals surface area (Å²) >= 11 is 0. The quantitative estimate of drug-likeness (QED) is 0.194. The summed E-state index contributed by atoms with van der Waals surface area (Å²) in [5, 5.41) is 66.3. The van der Waals surface area contributed by atoms with Gasteiger partial charge in [0.05, 0.1) is 33.0 Å². The van der Waals surface area contributed by atoms with Crippen LogP contribution in [0.1, 0.15) is 91.2 Å². The first-order valence-corrected chi connectivity index (χ1v) is 25.9. The maximum absolute atomic E-state index is 12.6. The fourth-order valence-corrected chi connectivity index (χ4v) is 17.4. The van der Waals surface area contributed by atoms with Gasteiger partial charge in [-0.15, -0.1) is 19.7 Å². The van der Waals surface area contributed by atoms with E-state index in [0.29, 0.717) is 94.3 Å². The van der Waals surface area contributed by atoms with Gasteiger partial charge in [-0.25, -0.2) is 0 Å². The highest BCUT2D eigenvalue weighted by Gasteiger charge is 2.76. The number of aliphatic hydroxyl groups is 3. The van der Waals surface area contributed by atoms with E-state index in [9.17, 15) is 45.0 Å². The van der Waals surface area contributed by atoms with Gasteiger partial charge in [-0.3, -0.25) is 29.1 Å². The molecule has 3 saturated carbocycles. The Kier molecular flexibility index (Phi) is 9.96. The van der Waals surface area contributed by atoms with Crippen molar-refractivity contribution in [1.82, 2.24) is 14.7 Å². The minimum Gasteiger partial charge on any atom is -0.504 e. The highest BCUT2D eigenvalue weighted by molar-refractivity contribution is 5.92. The Morgan fingerprint density at radius 3 is 1.01 bits per heavy atom. The number of carbonyl (C=O) groups is 3. The first-order valence-electron chi connectivity index (χ1n) is 25.9. The molecule has 15 rings (SSSR count). The van der Waals surface area contributed by atoms with Gasteiger partial charge in [0, 0.05) is 93.3 Å². The number of ether oxygens (including phenoxy) is 3. The van der Waals surface area contributed by atoms with Crippen LogP contribution in [0.5, 0.6) is 34.5 Å². The van der Waals surface area contributed by atoms with Gasteiger partial charge in [0.2, 0.25) is 0 Å². The van der Waals surface area contributed by atoms with E-state index in [-0.39, 0.29) is 52.7 Å². The van der Waals surface area contributed by atoms with Crippen LogP contribution >= 0.6 is 0 Å². The minimum absolute atomic E-state index is 0.0408. The topological polar surface area (TPSA) is 210 Å². The molecule has 12 atom stereocenters. The number of ketones is 3. The lowest BCUT2D eigenvalue weighted by molar-refractivity contribution is -0.187.